The summed E-state index contributed by atoms with van der Waals surface area (Å²) in [6.45, 7) is 0. The molecule has 0 rings (SSSR count). The van der Waals surface area contributed by atoms with Gasteiger partial charge < -0.3 is 26.1 Å². The van der Waals surface area contributed by atoms with Gasteiger partial charge >= 0.3 is 44.7 Å². The minimum absolute atomic E-state index is 0. The van der Waals surface area contributed by atoms with Crippen LogP contribution in [-0.4, -0.2) is 36.7 Å². The van der Waals surface area contributed by atoms with E-state index in [1.165, 1.54) is 0 Å². The zero-order valence-electron chi connectivity index (χ0n) is 7.23. The quantitative estimate of drug-likeness (QED) is 0.245. The summed E-state index contributed by atoms with van der Waals surface area (Å²) in [5.74, 6) is -2.29. The SMILES string of the molecule is O=P(O)(O)CC(O)P(=O)(O)O.[H-].[Na+]. The molecular formula is C2H9NaO7P2. The Hall–Kier alpha value is 1.26. The van der Waals surface area contributed by atoms with Crippen LogP contribution < -0.4 is 29.6 Å². The molecule has 1 unspecified atom stereocenters. The Bertz CT molecular complexity index is 221. The molecular weight excluding hydrogens is 221 g/mol. The second kappa shape index (κ2) is 5.22. The van der Waals surface area contributed by atoms with E-state index in [0.29, 0.717) is 0 Å². The van der Waals surface area contributed by atoms with Crippen molar-refractivity contribution in [3.05, 3.63) is 0 Å². The standard InChI is InChI=1S/C2H8O7P2.Na.H/c3-2(11(7,8)9)1-10(4,5)6;;/h2-3H,1H2,(H2,4,5,6)(H2,7,8,9);;/q;+1;-1. The van der Waals surface area contributed by atoms with Gasteiger partial charge in [0.2, 0.25) is 0 Å². The van der Waals surface area contributed by atoms with Crippen LogP contribution in [0.4, 0.5) is 0 Å². The summed E-state index contributed by atoms with van der Waals surface area (Å²) >= 11 is 0. The van der Waals surface area contributed by atoms with E-state index in [0.717, 1.165) is 0 Å². The van der Waals surface area contributed by atoms with Gasteiger partial charge in [-0.25, -0.2) is 0 Å². The van der Waals surface area contributed by atoms with Crippen LogP contribution in [0.25, 0.3) is 0 Å². The molecule has 0 aromatic rings. The van der Waals surface area contributed by atoms with Gasteiger partial charge in [0, 0.05) is 0 Å². The first kappa shape index (κ1) is 15.7. The molecule has 0 heterocycles. The molecule has 5 N–H and O–H groups in total. The molecule has 0 saturated carbocycles. The van der Waals surface area contributed by atoms with Crippen molar-refractivity contribution in [3.8, 4) is 0 Å². The Labute approximate surface area is 91.9 Å². The summed E-state index contributed by atoms with van der Waals surface area (Å²) in [5.41, 5.74) is 0. The number of aliphatic hydroxyl groups excluding tert-OH is 1. The van der Waals surface area contributed by atoms with E-state index in [-0.39, 0.29) is 31.0 Å². The summed E-state index contributed by atoms with van der Waals surface area (Å²) in [4.78, 5) is 32.7. The second-order valence-electron chi connectivity index (χ2n) is 1.92. The van der Waals surface area contributed by atoms with E-state index >= 15 is 0 Å². The Kier molecular flexibility index (Phi) is 6.84. The first-order valence-corrected chi connectivity index (χ1v) is 5.89. The van der Waals surface area contributed by atoms with E-state index in [1.54, 1.807) is 0 Å². The van der Waals surface area contributed by atoms with E-state index in [2.05, 4.69) is 0 Å². The van der Waals surface area contributed by atoms with Crippen LogP contribution in [0.2, 0.25) is 0 Å². The van der Waals surface area contributed by atoms with Gasteiger partial charge in [-0.3, -0.25) is 9.13 Å². The van der Waals surface area contributed by atoms with Crippen molar-refractivity contribution in [3.63, 3.8) is 0 Å². The van der Waals surface area contributed by atoms with Crippen molar-refractivity contribution in [1.29, 1.82) is 0 Å². The van der Waals surface area contributed by atoms with Crippen LogP contribution in [0.5, 0.6) is 0 Å². The molecule has 0 saturated heterocycles. The molecule has 0 aromatic carbocycles. The minimum Gasteiger partial charge on any atom is -1.00 e. The molecule has 0 spiro atoms. The van der Waals surface area contributed by atoms with Crippen LogP contribution in [0.15, 0.2) is 0 Å². The van der Waals surface area contributed by atoms with Gasteiger partial charge in [-0.1, -0.05) is 0 Å². The third-order valence-corrected chi connectivity index (χ3v) is 2.86. The fourth-order valence-electron chi connectivity index (χ4n) is 0.319. The normalized spacial score (nSPS) is 15.1. The average molecular weight is 230 g/mol. The van der Waals surface area contributed by atoms with E-state index < -0.39 is 27.2 Å². The Balaban J connectivity index is -0.000000500. The monoisotopic (exact) mass is 230 g/mol. The first-order valence-electron chi connectivity index (χ1n) is 2.41. The van der Waals surface area contributed by atoms with Gasteiger partial charge in [0.1, 0.15) is 0 Å². The zero-order valence-corrected chi connectivity index (χ0v) is 10.0. The maximum Gasteiger partial charge on any atom is 1.00 e. The molecule has 7 nitrogen and oxygen atoms in total. The summed E-state index contributed by atoms with van der Waals surface area (Å²) in [6, 6.07) is 0. The number of hydrogen-bond donors (Lipinski definition) is 5. The molecule has 0 radical (unpaired) electrons. The number of aliphatic hydroxyl groups is 1. The summed E-state index contributed by atoms with van der Waals surface area (Å²) in [7, 11) is -9.35. The van der Waals surface area contributed by atoms with Gasteiger partial charge in [-0.05, 0) is 0 Å². The maximum atomic E-state index is 10.1. The van der Waals surface area contributed by atoms with Crippen molar-refractivity contribution in [2.24, 2.45) is 0 Å². The Morgan fingerprint density at radius 1 is 1.17 bits per heavy atom. The molecule has 10 heteroatoms. The predicted molar refractivity (Wildman–Crippen MR) is 36.1 cm³/mol. The van der Waals surface area contributed by atoms with Gasteiger partial charge in [0.25, 0.3) is 0 Å². The van der Waals surface area contributed by atoms with Gasteiger partial charge in [0.05, 0.1) is 6.16 Å². The van der Waals surface area contributed by atoms with Crippen molar-refractivity contribution in [1.82, 2.24) is 0 Å². The molecule has 0 amide bonds. The molecule has 0 bridgehead atoms. The number of rotatable bonds is 3. The molecule has 1 atom stereocenters. The third kappa shape index (κ3) is 7.89. The van der Waals surface area contributed by atoms with Gasteiger partial charge in [-0.15, -0.1) is 0 Å². The topological polar surface area (TPSA) is 135 Å². The van der Waals surface area contributed by atoms with Crippen LogP contribution in [0.1, 0.15) is 1.43 Å². The molecule has 0 aliphatic rings. The van der Waals surface area contributed by atoms with E-state index in [9.17, 15) is 9.13 Å². The van der Waals surface area contributed by atoms with Crippen LogP contribution >= 0.6 is 15.2 Å². The first-order chi connectivity index (χ1) is 4.63. The van der Waals surface area contributed by atoms with Gasteiger partial charge in [-0.2, -0.15) is 0 Å². The summed E-state index contributed by atoms with van der Waals surface area (Å²) in [6.07, 6.45) is -1.22. The zero-order chi connectivity index (χ0) is 9.28. The second-order valence-corrected chi connectivity index (χ2v) is 5.39. The largest absolute Gasteiger partial charge is 1.00 e. The van der Waals surface area contributed by atoms with E-state index in [4.69, 9.17) is 24.7 Å². The van der Waals surface area contributed by atoms with Crippen molar-refractivity contribution in [2.75, 3.05) is 6.16 Å². The predicted octanol–water partition coefficient (Wildman–Crippen LogP) is -4.22. The molecule has 0 aliphatic carbocycles. The molecule has 0 fully saturated rings. The van der Waals surface area contributed by atoms with Crippen LogP contribution in [-0.2, 0) is 9.13 Å². The van der Waals surface area contributed by atoms with Gasteiger partial charge in [0.15, 0.2) is 5.85 Å². The summed E-state index contributed by atoms with van der Waals surface area (Å²) < 4.78 is 20.2. The number of hydrogen-bond acceptors (Lipinski definition) is 3. The fraction of sp³-hybridized carbons (Fsp3) is 1.00. The third-order valence-electron chi connectivity index (χ3n) is 0.789. The minimum atomic E-state index is -4.79. The van der Waals surface area contributed by atoms with Crippen molar-refractivity contribution in [2.45, 2.75) is 5.85 Å². The van der Waals surface area contributed by atoms with Crippen molar-refractivity contribution >= 4 is 15.2 Å². The fourth-order valence-corrected chi connectivity index (χ4v) is 2.23. The molecule has 12 heavy (non-hydrogen) atoms. The van der Waals surface area contributed by atoms with Crippen molar-refractivity contribution < 1.29 is 64.8 Å². The molecule has 0 aromatic heterocycles. The summed E-state index contributed by atoms with van der Waals surface area (Å²) in [5, 5.41) is 8.47. The molecule has 70 valence electrons. The Morgan fingerprint density at radius 3 is 1.58 bits per heavy atom. The molecule has 0 aliphatic heterocycles. The Morgan fingerprint density at radius 2 is 1.50 bits per heavy atom. The smallest absolute Gasteiger partial charge is 1.00 e. The van der Waals surface area contributed by atoms with E-state index in [1.807, 2.05) is 0 Å². The maximum absolute atomic E-state index is 10.1. The van der Waals surface area contributed by atoms with Crippen LogP contribution in [0.3, 0.4) is 0 Å². The van der Waals surface area contributed by atoms with Crippen LogP contribution in [0, 0.1) is 0 Å². The average Bonchev–Trinajstić information content (AvgIpc) is 1.56.